The van der Waals surface area contributed by atoms with Crippen molar-refractivity contribution in [1.29, 1.82) is 0 Å². The molecule has 0 spiro atoms. The van der Waals surface area contributed by atoms with Crippen LogP contribution in [0.2, 0.25) is 0 Å². The molecule has 1 aliphatic heterocycles. The first kappa shape index (κ1) is 14.8. The van der Waals surface area contributed by atoms with Crippen LogP contribution in [0.1, 0.15) is 28.8 Å². The van der Waals surface area contributed by atoms with E-state index < -0.39 is 0 Å². The third kappa shape index (κ3) is 3.12. The third-order valence-corrected chi connectivity index (χ3v) is 4.29. The summed E-state index contributed by atoms with van der Waals surface area (Å²) in [5.41, 5.74) is 7.36. The highest BCUT2D eigenvalue weighted by Crippen LogP contribution is 2.23. The van der Waals surface area contributed by atoms with Crippen molar-refractivity contribution in [1.82, 2.24) is 4.90 Å². The zero-order chi connectivity index (χ0) is 14.7. The molecule has 3 N–H and O–H groups in total. The van der Waals surface area contributed by atoms with E-state index in [1.165, 1.54) is 0 Å². The number of piperidine rings is 1. The lowest BCUT2D eigenvalue weighted by atomic mass is 9.96. The molecular weight excluding hydrogens is 322 g/mol. The summed E-state index contributed by atoms with van der Waals surface area (Å²) in [5, 5.41) is 11.8. The molecule has 1 atom stereocenters. The van der Waals surface area contributed by atoms with Crippen molar-refractivity contribution >= 4 is 27.7 Å². The summed E-state index contributed by atoms with van der Waals surface area (Å²) in [6, 6.07) is 5.71. The summed E-state index contributed by atoms with van der Waals surface area (Å²) >= 11 is 3.42. The molecule has 1 fully saturated rings. The number of aryl methyl sites for hydroxylation is 1. The number of hydrogen-bond donors (Lipinski definition) is 2. The molecule has 0 aromatic heterocycles. The second kappa shape index (κ2) is 6.26. The number of amidine groups is 1. The second-order valence-corrected chi connectivity index (χ2v) is 5.95. The van der Waals surface area contributed by atoms with Crippen LogP contribution in [0.4, 0.5) is 0 Å². The van der Waals surface area contributed by atoms with Gasteiger partial charge in [-0.15, -0.1) is 0 Å². The Bertz CT molecular complexity index is 545. The molecule has 1 aromatic rings. The Balaban J connectivity index is 2.18. The second-order valence-electron chi connectivity index (χ2n) is 5.10. The first-order valence-electron chi connectivity index (χ1n) is 6.55. The van der Waals surface area contributed by atoms with Gasteiger partial charge in [0.05, 0.1) is 5.56 Å². The maximum absolute atomic E-state index is 12.6. The summed E-state index contributed by atoms with van der Waals surface area (Å²) in [6.07, 6.45) is 1.70. The Morgan fingerprint density at radius 2 is 2.30 bits per heavy atom. The minimum absolute atomic E-state index is 0.0176. The van der Waals surface area contributed by atoms with Crippen LogP contribution >= 0.6 is 15.9 Å². The largest absolute Gasteiger partial charge is 0.409 e. The van der Waals surface area contributed by atoms with Crippen LogP contribution < -0.4 is 5.73 Å². The van der Waals surface area contributed by atoms with Gasteiger partial charge in [-0.05, 0) is 47.8 Å². The number of nitrogens with zero attached hydrogens (tertiary/aromatic N) is 2. The zero-order valence-corrected chi connectivity index (χ0v) is 12.9. The Morgan fingerprint density at radius 3 is 3.00 bits per heavy atom. The molecular formula is C14H18BrN3O2. The van der Waals surface area contributed by atoms with Crippen LogP contribution in [-0.2, 0) is 0 Å². The van der Waals surface area contributed by atoms with Crippen molar-refractivity contribution in [2.75, 3.05) is 13.1 Å². The number of hydrogen-bond acceptors (Lipinski definition) is 3. The standard InChI is InChI=1S/C14H18BrN3O2/c1-9-4-5-12(15)11(7-9)14(19)18-6-2-3-10(8-18)13(16)17-20/h4-5,7,10,20H,2-3,6,8H2,1H3,(H2,16,17). The average Bonchev–Trinajstić information content (AvgIpc) is 2.48. The molecule has 6 heteroatoms. The maximum Gasteiger partial charge on any atom is 0.255 e. The van der Waals surface area contributed by atoms with Crippen molar-refractivity contribution < 1.29 is 10.0 Å². The monoisotopic (exact) mass is 339 g/mol. The van der Waals surface area contributed by atoms with Gasteiger partial charge in [0.2, 0.25) is 0 Å². The highest BCUT2D eigenvalue weighted by atomic mass is 79.9. The van der Waals surface area contributed by atoms with Crippen molar-refractivity contribution in [2.45, 2.75) is 19.8 Å². The zero-order valence-electron chi connectivity index (χ0n) is 11.3. The van der Waals surface area contributed by atoms with Crippen LogP contribution in [0.25, 0.3) is 0 Å². The lowest BCUT2D eigenvalue weighted by Gasteiger charge is -2.32. The van der Waals surface area contributed by atoms with Gasteiger partial charge in [-0.2, -0.15) is 0 Å². The molecule has 2 rings (SSSR count). The molecule has 1 saturated heterocycles. The van der Waals surface area contributed by atoms with Gasteiger partial charge >= 0.3 is 0 Å². The fourth-order valence-electron chi connectivity index (χ4n) is 2.46. The molecule has 0 aliphatic carbocycles. The molecule has 1 aromatic carbocycles. The number of likely N-dealkylation sites (tertiary alicyclic amines) is 1. The van der Waals surface area contributed by atoms with Gasteiger partial charge in [-0.1, -0.05) is 16.8 Å². The van der Waals surface area contributed by atoms with E-state index in [1.54, 1.807) is 4.90 Å². The fraction of sp³-hybridized carbons (Fsp3) is 0.429. The summed E-state index contributed by atoms with van der Waals surface area (Å²) in [5.74, 6) is 0.114. The number of carbonyl (C=O) groups is 1. The molecule has 108 valence electrons. The Kier molecular flexibility index (Phi) is 4.65. The predicted octanol–water partition coefficient (Wildman–Crippen LogP) is 2.36. The number of carbonyl (C=O) groups excluding carboxylic acids is 1. The molecule has 1 aliphatic rings. The highest BCUT2D eigenvalue weighted by Gasteiger charge is 2.27. The van der Waals surface area contributed by atoms with Gasteiger partial charge in [0.15, 0.2) is 0 Å². The lowest BCUT2D eigenvalue weighted by molar-refractivity contribution is 0.0700. The lowest BCUT2D eigenvalue weighted by Crippen LogP contribution is -2.44. The van der Waals surface area contributed by atoms with Crippen molar-refractivity contribution in [3.8, 4) is 0 Å². The van der Waals surface area contributed by atoms with E-state index in [9.17, 15) is 4.79 Å². The summed E-state index contributed by atoms with van der Waals surface area (Å²) in [7, 11) is 0. The molecule has 1 amide bonds. The van der Waals surface area contributed by atoms with Crippen molar-refractivity contribution in [3.05, 3.63) is 33.8 Å². The molecule has 0 radical (unpaired) electrons. The number of rotatable bonds is 2. The molecule has 1 heterocycles. The summed E-state index contributed by atoms with van der Waals surface area (Å²) in [6.45, 7) is 3.15. The fourth-order valence-corrected chi connectivity index (χ4v) is 2.87. The molecule has 5 nitrogen and oxygen atoms in total. The number of nitrogens with two attached hydrogens (primary N) is 1. The topological polar surface area (TPSA) is 78.9 Å². The first-order chi connectivity index (χ1) is 9.52. The van der Waals surface area contributed by atoms with Crippen LogP contribution in [0.3, 0.4) is 0 Å². The number of halogens is 1. The van der Waals surface area contributed by atoms with Gasteiger partial charge in [0.25, 0.3) is 5.91 Å². The van der Waals surface area contributed by atoms with Gasteiger partial charge in [-0.3, -0.25) is 4.79 Å². The Labute approximate surface area is 126 Å². The Morgan fingerprint density at radius 1 is 1.55 bits per heavy atom. The van der Waals surface area contributed by atoms with Gasteiger partial charge in [0, 0.05) is 23.5 Å². The van der Waals surface area contributed by atoms with E-state index >= 15 is 0 Å². The quantitative estimate of drug-likeness (QED) is 0.375. The molecule has 20 heavy (non-hydrogen) atoms. The van der Waals surface area contributed by atoms with E-state index in [1.807, 2.05) is 25.1 Å². The highest BCUT2D eigenvalue weighted by molar-refractivity contribution is 9.10. The smallest absolute Gasteiger partial charge is 0.255 e. The molecule has 0 saturated carbocycles. The van der Waals surface area contributed by atoms with E-state index in [4.69, 9.17) is 10.9 Å². The summed E-state index contributed by atoms with van der Waals surface area (Å²) in [4.78, 5) is 14.4. The summed E-state index contributed by atoms with van der Waals surface area (Å²) < 4.78 is 0.791. The van der Waals surface area contributed by atoms with Crippen molar-refractivity contribution in [2.24, 2.45) is 16.8 Å². The van der Waals surface area contributed by atoms with Crippen LogP contribution in [0, 0.1) is 12.8 Å². The first-order valence-corrected chi connectivity index (χ1v) is 7.35. The average molecular weight is 340 g/mol. The minimum Gasteiger partial charge on any atom is -0.409 e. The Hall–Kier alpha value is -1.56. The maximum atomic E-state index is 12.6. The molecule has 0 bridgehead atoms. The van der Waals surface area contributed by atoms with Crippen LogP contribution in [-0.4, -0.2) is 34.9 Å². The van der Waals surface area contributed by atoms with E-state index in [-0.39, 0.29) is 17.7 Å². The van der Waals surface area contributed by atoms with Crippen LogP contribution in [0.5, 0.6) is 0 Å². The van der Waals surface area contributed by atoms with Gasteiger partial charge < -0.3 is 15.8 Å². The normalized spacial score (nSPS) is 20.0. The van der Waals surface area contributed by atoms with Crippen molar-refractivity contribution in [3.63, 3.8) is 0 Å². The molecule has 1 unspecified atom stereocenters. The van der Waals surface area contributed by atoms with E-state index in [0.717, 1.165) is 22.9 Å². The SMILES string of the molecule is Cc1ccc(Br)c(C(=O)N2CCCC(/C(N)=N/O)C2)c1. The predicted molar refractivity (Wildman–Crippen MR) is 80.9 cm³/mol. The van der Waals surface area contributed by atoms with Gasteiger partial charge in [0.1, 0.15) is 5.84 Å². The van der Waals surface area contributed by atoms with E-state index in [2.05, 4.69) is 21.1 Å². The van der Waals surface area contributed by atoms with Gasteiger partial charge in [-0.25, -0.2) is 0 Å². The van der Waals surface area contributed by atoms with Crippen LogP contribution in [0.15, 0.2) is 27.8 Å². The minimum atomic E-state index is -0.0683. The van der Waals surface area contributed by atoms with E-state index in [0.29, 0.717) is 18.7 Å². The number of oxime groups is 1. The number of benzene rings is 1. The number of amides is 1. The third-order valence-electron chi connectivity index (χ3n) is 3.59.